The van der Waals surface area contributed by atoms with Gasteiger partial charge in [-0.25, -0.2) is 4.39 Å². The van der Waals surface area contributed by atoms with Crippen LogP contribution >= 0.6 is 0 Å². The summed E-state index contributed by atoms with van der Waals surface area (Å²) in [4.78, 5) is 15.4. The number of carbonyl (C=O) groups is 1. The number of halogens is 1. The predicted octanol–water partition coefficient (Wildman–Crippen LogP) is 2.83. The molecule has 3 rings (SSSR count). The van der Waals surface area contributed by atoms with Crippen LogP contribution in [-0.4, -0.2) is 37.0 Å². The van der Waals surface area contributed by atoms with Crippen molar-refractivity contribution >= 4 is 11.6 Å². The maximum atomic E-state index is 14.1. The first-order chi connectivity index (χ1) is 10.1. The van der Waals surface area contributed by atoms with Gasteiger partial charge >= 0.3 is 0 Å². The second-order valence-electron chi connectivity index (χ2n) is 6.42. The number of hydrogen-bond donors (Lipinski definition) is 0. The van der Waals surface area contributed by atoms with Crippen molar-refractivity contribution in [1.82, 2.24) is 4.90 Å². The summed E-state index contributed by atoms with van der Waals surface area (Å²) in [6.07, 6.45) is 2.18. The fourth-order valence-electron chi connectivity index (χ4n) is 3.57. The van der Waals surface area contributed by atoms with Crippen LogP contribution in [0.1, 0.15) is 25.3 Å². The Bertz CT molecular complexity index is 532. The van der Waals surface area contributed by atoms with Crippen LogP contribution in [0, 0.1) is 24.6 Å². The van der Waals surface area contributed by atoms with Crippen LogP contribution in [0.4, 0.5) is 10.1 Å². The van der Waals surface area contributed by atoms with E-state index in [0.29, 0.717) is 17.4 Å². The highest BCUT2D eigenvalue weighted by Crippen LogP contribution is 2.36. The van der Waals surface area contributed by atoms with Gasteiger partial charge in [0.15, 0.2) is 0 Å². The third-order valence-electron chi connectivity index (χ3n) is 5.07. The van der Waals surface area contributed by atoms with E-state index in [4.69, 9.17) is 0 Å². The SMILES string of the molecule is CC(=O)N1CCC(C2CN(c3cccc(C)c3F)C2)CC1. The van der Waals surface area contributed by atoms with Gasteiger partial charge in [0.2, 0.25) is 5.91 Å². The molecule has 3 nitrogen and oxygen atoms in total. The molecule has 0 atom stereocenters. The first-order valence-electron chi connectivity index (χ1n) is 7.82. The largest absolute Gasteiger partial charge is 0.368 e. The van der Waals surface area contributed by atoms with E-state index >= 15 is 0 Å². The van der Waals surface area contributed by atoms with Crippen LogP contribution in [0.2, 0.25) is 0 Å². The Morgan fingerprint density at radius 2 is 1.86 bits per heavy atom. The van der Waals surface area contributed by atoms with Crippen molar-refractivity contribution < 1.29 is 9.18 Å². The molecule has 0 radical (unpaired) electrons. The third kappa shape index (κ3) is 2.76. The molecule has 114 valence electrons. The number of aryl methyl sites for hydroxylation is 1. The Hall–Kier alpha value is -1.58. The molecule has 0 saturated carbocycles. The fraction of sp³-hybridized carbons (Fsp3) is 0.588. The fourth-order valence-corrected chi connectivity index (χ4v) is 3.57. The van der Waals surface area contributed by atoms with Crippen LogP contribution in [0.5, 0.6) is 0 Å². The molecule has 2 saturated heterocycles. The van der Waals surface area contributed by atoms with Crippen molar-refractivity contribution in [2.45, 2.75) is 26.7 Å². The molecule has 0 unspecified atom stereocenters. The van der Waals surface area contributed by atoms with E-state index in [1.54, 1.807) is 6.92 Å². The third-order valence-corrected chi connectivity index (χ3v) is 5.07. The van der Waals surface area contributed by atoms with Crippen LogP contribution in [0.15, 0.2) is 18.2 Å². The van der Waals surface area contributed by atoms with Gasteiger partial charge in [-0.15, -0.1) is 0 Å². The summed E-state index contributed by atoms with van der Waals surface area (Å²) in [7, 11) is 0. The van der Waals surface area contributed by atoms with Crippen molar-refractivity contribution in [2.24, 2.45) is 11.8 Å². The second kappa shape index (κ2) is 5.66. The number of benzene rings is 1. The summed E-state index contributed by atoms with van der Waals surface area (Å²) in [6.45, 7) is 7.13. The molecule has 1 aromatic carbocycles. The minimum Gasteiger partial charge on any atom is -0.368 e. The standard InChI is InChI=1S/C17H23FN2O/c1-12-4-3-5-16(17(12)18)20-10-15(11-20)14-6-8-19(9-7-14)13(2)21/h3-5,14-15H,6-11H2,1-2H3. The Morgan fingerprint density at radius 1 is 1.19 bits per heavy atom. The molecule has 0 bridgehead atoms. The Labute approximate surface area is 125 Å². The summed E-state index contributed by atoms with van der Waals surface area (Å²) >= 11 is 0. The topological polar surface area (TPSA) is 23.6 Å². The van der Waals surface area contributed by atoms with Crippen LogP contribution in [0.3, 0.4) is 0 Å². The number of anilines is 1. The minimum atomic E-state index is -0.0812. The molecule has 2 fully saturated rings. The lowest BCUT2D eigenvalue weighted by molar-refractivity contribution is -0.130. The van der Waals surface area contributed by atoms with E-state index in [1.165, 1.54) is 0 Å². The summed E-state index contributed by atoms with van der Waals surface area (Å²) < 4.78 is 14.1. The highest BCUT2D eigenvalue weighted by Gasteiger charge is 2.36. The molecule has 1 aromatic rings. The maximum absolute atomic E-state index is 14.1. The smallest absolute Gasteiger partial charge is 0.219 e. The molecule has 0 N–H and O–H groups in total. The first-order valence-corrected chi connectivity index (χ1v) is 7.82. The van der Waals surface area contributed by atoms with Crippen molar-refractivity contribution in [2.75, 3.05) is 31.1 Å². The lowest BCUT2D eigenvalue weighted by Gasteiger charge is -2.47. The van der Waals surface area contributed by atoms with Gasteiger partial charge in [0, 0.05) is 33.1 Å². The van der Waals surface area contributed by atoms with Gasteiger partial charge in [-0.2, -0.15) is 0 Å². The van der Waals surface area contributed by atoms with Crippen molar-refractivity contribution in [3.05, 3.63) is 29.6 Å². The maximum Gasteiger partial charge on any atom is 0.219 e. The van der Waals surface area contributed by atoms with E-state index in [1.807, 2.05) is 30.0 Å². The Morgan fingerprint density at radius 3 is 2.48 bits per heavy atom. The zero-order chi connectivity index (χ0) is 15.0. The molecular formula is C17H23FN2O. The van der Waals surface area contributed by atoms with E-state index in [0.717, 1.165) is 44.7 Å². The molecule has 1 amide bonds. The lowest BCUT2D eigenvalue weighted by Crippen LogP contribution is -2.52. The zero-order valence-corrected chi connectivity index (χ0v) is 12.8. The summed E-state index contributed by atoms with van der Waals surface area (Å²) in [5, 5.41) is 0. The summed E-state index contributed by atoms with van der Waals surface area (Å²) in [5.41, 5.74) is 1.46. The van der Waals surface area contributed by atoms with Crippen LogP contribution in [0.25, 0.3) is 0 Å². The molecule has 0 aromatic heterocycles. The number of piperidine rings is 1. The highest BCUT2D eigenvalue weighted by atomic mass is 19.1. The number of likely N-dealkylation sites (tertiary alicyclic amines) is 1. The molecule has 2 aliphatic rings. The second-order valence-corrected chi connectivity index (χ2v) is 6.42. The predicted molar refractivity (Wildman–Crippen MR) is 81.8 cm³/mol. The average molecular weight is 290 g/mol. The van der Waals surface area contributed by atoms with E-state index in [2.05, 4.69) is 4.90 Å². The molecule has 0 spiro atoms. The van der Waals surface area contributed by atoms with E-state index in [-0.39, 0.29) is 11.7 Å². The molecule has 4 heteroatoms. The molecule has 2 heterocycles. The number of nitrogens with zero attached hydrogens (tertiary/aromatic N) is 2. The van der Waals surface area contributed by atoms with Crippen molar-refractivity contribution in [1.29, 1.82) is 0 Å². The van der Waals surface area contributed by atoms with Crippen LogP contribution < -0.4 is 4.90 Å². The first kappa shape index (κ1) is 14.4. The minimum absolute atomic E-state index is 0.0812. The number of rotatable bonds is 2. The van der Waals surface area contributed by atoms with E-state index in [9.17, 15) is 9.18 Å². The van der Waals surface area contributed by atoms with Gasteiger partial charge in [-0.05, 0) is 43.2 Å². The Balaban J connectivity index is 1.55. The number of hydrogen-bond acceptors (Lipinski definition) is 2. The summed E-state index contributed by atoms with van der Waals surface area (Å²) in [5.74, 6) is 1.44. The molecule has 21 heavy (non-hydrogen) atoms. The zero-order valence-electron chi connectivity index (χ0n) is 12.8. The van der Waals surface area contributed by atoms with Crippen molar-refractivity contribution in [3.8, 4) is 0 Å². The van der Waals surface area contributed by atoms with Gasteiger partial charge in [0.05, 0.1) is 5.69 Å². The highest BCUT2D eigenvalue weighted by molar-refractivity contribution is 5.73. The van der Waals surface area contributed by atoms with Gasteiger partial charge in [0.25, 0.3) is 0 Å². The van der Waals surface area contributed by atoms with Crippen molar-refractivity contribution in [3.63, 3.8) is 0 Å². The number of amides is 1. The normalized spacial score (nSPS) is 20.5. The van der Waals surface area contributed by atoms with Gasteiger partial charge in [-0.3, -0.25) is 4.79 Å². The average Bonchev–Trinajstić information content (AvgIpc) is 2.42. The monoisotopic (exact) mass is 290 g/mol. The summed E-state index contributed by atoms with van der Waals surface area (Å²) in [6, 6.07) is 5.61. The molecule has 2 aliphatic heterocycles. The van der Waals surface area contributed by atoms with Crippen LogP contribution in [-0.2, 0) is 4.79 Å². The van der Waals surface area contributed by atoms with Gasteiger partial charge in [0.1, 0.15) is 5.82 Å². The lowest BCUT2D eigenvalue weighted by atomic mass is 9.79. The number of carbonyl (C=O) groups excluding carboxylic acids is 1. The quantitative estimate of drug-likeness (QED) is 0.836. The van der Waals surface area contributed by atoms with E-state index < -0.39 is 0 Å². The van der Waals surface area contributed by atoms with Gasteiger partial charge < -0.3 is 9.80 Å². The van der Waals surface area contributed by atoms with Gasteiger partial charge in [-0.1, -0.05) is 12.1 Å². The molecule has 0 aliphatic carbocycles. The molecular weight excluding hydrogens is 267 g/mol. The Kier molecular flexibility index (Phi) is 3.87.